The molecule has 41 heavy (non-hydrogen) atoms. The molecule has 6 rings (SSSR count). The van der Waals surface area contributed by atoms with Crippen LogP contribution in [0, 0.1) is 0 Å². The minimum atomic E-state index is -4.44. The molecule has 0 unspecified atom stereocenters. The van der Waals surface area contributed by atoms with Gasteiger partial charge < -0.3 is 15.2 Å². The van der Waals surface area contributed by atoms with Crippen molar-refractivity contribution in [2.45, 2.75) is 19.1 Å². The molecule has 0 radical (unpaired) electrons. The maximum Gasteiger partial charge on any atom is 0.416 e. The van der Waals surface area contributed by atoms with Crippen LogP contribution in [0.1, 0.15) is 16.7 Å². The number of carbonyl (C=O) groups excluding carboxylic acids is 1. The molecular weight excluding hydrogens is 531 g/mol. The molecule has 3 heterocycles. The second-order valence-corrected chi connectivity index (χ2v) is 9.58. The van der Waals surface area contributed by atoms with E-state index in [1.807, 2.05) is 77.0 Å². The Morgan fingerprint density at radius 1 is 0.902 bits per heavy atom. The van der Waals surface area contributed by atoms with Crippen LogP contribution in [0.3, 0.4) is 0 Å². The number of fused-ring (bicyclic) bond motifs is 2. The average Bonchev–Trinajstić information content (AvgIpc) is 3.49. The predicted octanol–water partition coefficient (Wildman–Crippen LogP) is 5.93. The Bertz CT molecular complexity index is 1870. The van der Waals surface area contributed by atoms with E-state index in [0.717, 1.165) is 39.6 Å². The summed E-state index contributed by atoms with van der Waals surface area (Å²) in [4.78, 5) is 17.4. The molecule has 0 saturated heterocycles. The fourth-order valence-electron chi connectivity index (χ4n) is 4.77. The van der Waals surface area contributed by atoms with E-state index in [2.05, 4.69) is 25.8 Å². The molecule has 8 nitrogen and oxygen atoms in total. The fourth-order valence-corrected chi connectivity index (χ4v) is 4.77. The number of hydrogen-bond acceptors (Lipinski definition) is 5. The molecule has 0 spiro atoms. The van der Waals surface area contributed by atoms with E-state index in [1.54, 1.807) is 12.1 Å². The van der Waals surface area contributed by atoms with E-state index in [4.69, 9.17) is 0 Å². The van der Waals surface area contributed by atoms with Gasteiger partial charge in [0.05, 0.1) is 28.5 Å². The van der Waals surface area contributed by atoms with Crippen LogP contribution in [0.15, 0.2) is 91.1 Å². The Labute approximate surface area is 232 Å². The van der Waals surface area contributed by atoms with Gasteiger partial charge in [-0.05, 0) is 53.6 Å². The van der Waals surface area contributed by atoms with Crippen molar-refractivity contribution >= 4 is 39.6 Å². The zero-order chi connectivity index (χ0) is 28.6. The van der Waals surface area contributed by atoms with Crippen molar-refractivity contribution in [3.05, 3.63) is 108 Å². The minimum Gasteiger partial charge on any atom is -0.352 e. The molecule has 6 aromatic rings. The first-order chi connectivity index (χ1) is 19.8. The molecule has 0 aliphatic carbocycles. The van der Waals surface area contributed by atoms with E-state index in [9.17, 15) is 18.0 Å². The third kappa shape index (κ3) is 5.33. The minimum absolute atomic E-state index is 0.00705. The van der Waals surface area contributed by atoms with Crippen molar-refractivity contribution in [1.29, 1.82) is 0 Å². The number of alkyl halides is 3. The number of para-hydroxylation sites is 3. The highest BCUT2D eigenvalue weighted by Crippen LogP contribution is 2.30. The summed E-state index contributed by atoms with van der Waals surface area (Å²) in [5, 5.41) is 15.5. The summed E-state index contributed by atoms with van der Waals surface area (Å²) >= 11 is 0. The van der Waals surface area contributed by atoms with Gasteiger partial charge in [0.25, 0.3) is 0 Å². The summed E-state index contributed by atoms with van der Waals surface area (Å²) in [6.07, 6.45) is -2.56. The highest BCUT2D eigenvalue weighted by Gasteiger charge is 2.30. The van der Waals surface area contributed by atoms with Crippen molar-refractivity contribution in [1.82, 2.24) is 29.6 Å². The number of anilines is 2. The number of benzene rings is 3. The van der Waals surface area contributed by atoms with Gasteiger partial charge in [-0.3, -0.25) is 9.36 Å². The Kier molecular flexibility index (Phi) is 6.62. The largest absolute Gasteiger partial charge is 0.416 e. The molecule has 1 amide bonds. The van der Waals surface area contributed by atoms with Crippen LogP contribution >= 0.6 is 0 Å². The summed E-state index contributed by atoms with van der Waals surface area (Å²) in [6, 6.07) is 24.0. The Morgan fingerprint density at radius 3 is 2.44 bits per heavy atom. The summed E-state index contributed by atoms with van der Waals surface area (Å²) in [7, 11) is 1.92. The molecule has 0 aliphatic rings. The van der Waals surface area contributed by atoms with Gasteiger partial charge in [-0.2, -0.15) is 13.2 Å². The van der Waals surface area contributed by atoms with Gasteiger partial charge in [0.1, 0.15) is 0 Å². The number of halogens is 3. The number of rotatable bonds is 7. The lowest BCUT2D eigenvalue weighted by Gasteiger charge is -2.09. The number of nitrogens with zero attached hydrogens (tertiary/aromatic N) is 5. The van der Waals surface area contributed by atoms with Crippen LogP contribution in [0.4, 0.5) is 24.9 Å². The van der Waals surface area contributed by atoms with Gasteiger partial charge in [0, 0.05) is 25.2 Å². The quantitative estimate of drug-likeness (QED) is 0.255. The molecule has 0 fully saturated rings. The van der Waals surface area contributed by atoms with Crippen molar-refractivity contribution in [3.8, 4) is 5.82 Å². The maximum absolute atomic E-state index is 13.0. The fraction of sp³-hybridized carbons (Fsp3) is 0.133. The van der Waals surface area contributed by atoms with E-state index in [-0.39, 0.29) is 18.9 Å². The van der Waals surface area contributed by atoms with Gasteiger partial charge in [-0.25, -0.2) is 4.98 Å². The predicted molar refractivity (Wildman–Crippen MR) is 150 cm³/mol. The second kappa shape index (κ2) is 10.4. The third-order valence-corrected chi connectivity index (χ3v) is 6.81. The smallest absolute Gasteiger partial charge is 0.352 e. The van der Waals surface area contributed by atoms with Crippen molar-refractivity contribution < 1.29 is 18.0 Å². The maximum atomic E-state index is 13.0. The van der Waals surface area contributed by atoms with Crippen LogP contribution in [0.5, 0.6) is 0 Å². The van der Waals surface area contributed by atoms with Crippen LogP contribution in [0.25, 0.3) is 27.8 Å². The van der Waals surface area contributed by atoms with E-state index in [1.165, 1.54) is 6.07 Å². The van der Waals surface area contributed by atoms with Gasteiger partial charge >= 0.3 is 6.18 Å². The lowest BCUT2D eigenvalue weighted by atomic mass is 10.1. The number of imidazole rings is 1. The monoisotopic (exact) mass is 555 g/mol. The van der Waals surface area contributed by atoms with Crippen molar-refractivity contribution in [2.24, 2.45) is 7.05 Å². The van der Waals surface area contributed by atoms with E-state index in [0.29, 0.717) is 23.1 Å². The molecule has 3 aromatic heterocycles. The zero-order valence-corrected chi connectivity index (χ0v) is 21.9. The average molecular weight is 556 g/mol. The molecule has 2 N–H and O–H groups in total. The van der Waals surface area contributed by atoms with Crippen LogP contribution < -0.4 is 10.6 Å². The first-order valence-corrected chi connectivity index (χ1v) is 12.8. The standard InChI is InChI=1S/C30H24F3N7O/c1-39-25-12-5-3-10-23(25)35-29(39)36-26-13-14-27(38-37-26)40-18-20(22-9-2-4-11-24(22)40)16-28(41)34-17-19-7-6-8-21(15-19)30(31,32)33/h2-15,18H,16-17H2,1H3,(H,34,41)(H,35,36,37). The summed E-state index contributed by atoms with van der Waals surface area (Å²) < 4.78 is 42.8. The molecule has 11 heteroatoms. The molecule has 206 valence electrons. The Hall–Kier alpha value is -5.19. The normalized spacial score (nSPS) is 11.7. The van der Waals surface area contributed by atoms with Gasteiger partial charge in [-0.15, -0.1) is 10.2 Å². The van der Waals surface area contributed by atoms with E-state index >= 15 is 0 Å². The topological polar surface area (TPSA) is 89.7 Å². The number of aryl methyl sites for hydroxylation is 1. The van der Waals surface area contributed by atoms with Gasteiger partial charge in [0.2, 0.25) is 11.9 Å². The first-order valence-electron chi connectivity index (χ1n) is 12.8. The molecule has 0 aliphatic heterocycles. The Morgan fingerprint density at radius 2 is 1.68 bits per heavy atom. The SMILES string of the molecule is Cn1c(Nc2ccc(-n3cc(CC(=O)NCc4cccc(C(F)(F)F)c4)c4ccccc43)nn2)nc2ccccc21. The highest BCUT2D eigenvalue weighted by atomic mass is 19.4. The van der Waals surface area contributed by atoms with Crippen molar-refractivity contribution in [2.75, 3.05) is 5.32 Å². The molecule has 3 aromatic carbocycles. The number of aromatic nitrogens is 5. The van der Waals surface area contributed by atoms with Gasteiger partial charge in [0.15, 0.2) is 11.6 Å². The molecule has 0 saturated carbocycles. The molecule has 0 atom stereocenters. The van der Waals surface area contributed by atoms with Gasteiger partial charge in [-0.1, -0.05) is 42.5 Å². The van der Waals surface area contributed by atoms with Crippen LogP contribution in [0.2, 0.25) is 0 Å². The Balaban J connectivity index is 1.19. The van der Waals surface area contributed by atoms with Crippen molar-refractivity contribution in [3.63, 3.8) is 0 Å². The first kappa shape index (κ1) is 26.1. The second-order valence-electron chi connectivity index (χ2n) is 9.58. The number of hydrogen-bond donors (Lipinski definition) is 2. The summed E-state index contributed by atoms with van der Waals surface area (Å²) in [6.45, 7) is -0.00705. The summed E-state index contributed by atoms with van der Waals surface area (Å²) in [5.74, 6) is 1.42. The third-order valence-electron chi connectivity index (χ3n) is 6.81. The van der Waals surface area contributed by atoms with Crippen LogP contribution in [-0.2, 0) is 31.0 Å². The summed E-state index contributed by atoms with van der Waals surface area (Å²) in [5.41, 5.74) is 3.09. The lowest BCUT2D eigenvalue weighted by Crippen LogP contribution is -2.24. The molecular formula is C30H24F3N7O. The zero-order valence-electron chi connectivity index (χ0n) is 21.9. The van der Waals surface area contributed by atoms with E-state index < -0.39 is 11.7 Å². The number of carbonyl (C=O) groups is 1. The molecule has 0 bridgehead atoms. The lowest BCUT2D eigenvalue weighted by molar-refractivity contribution is -0.137. The highest BCUT2D eigenvalue weighted by molar-refractivity contribution is 5.90. The number of amides is 1. The number of nitrogens with one attached hydrogen (secondary N) is 2. The van der Waals surface area contributed by atoms with Crippen LogP contribution in [-0.4, -0.2) is 30.2 Å².